The first-order valence-corrected chi connectivity index (χ1v) is 16.0. The van der Waals surface area contributed by atoms with Crippen molar-refractivity contribution in [3.05, 3.63) is 102 Å². The molecular weight excluding hydrogens is 598 g/mol. The lowest BCUT2D eigenvalue weighted by molar-refractivity contribution is 0.0399. The van der Waals surface area contributed by atoms with Crippen LogP contribution in [-0.4, -0.2) is 71.0 Å². The second kappa shape index (κ2) is 17.7. The molecule has 10 heteroatoms. The SMILES string of the molecule is CC(C)(C)OC(=O)N[C@@H](Cc1ccccc1)[C@H](O)CNC[C@@H](O)[C@H](Cc1cccc(OCc2ccccc2)c1)NC(=O)OC(C)(C)C. The fourth-order valence-electron chi connectivity index (χ4n) is 4.77. The topological polar surface area (TPSA) is 138 Å². The summed E-state index contributed by atoms with van der Waals surface area (Å²) in [6.45, 7) is 11.1. The fourth-order valence-corrected chi connectivity index (χ4v) is 4.77. The van der Waals surface area contributed by atoms with Crippen LogP contribution in [0.15, 0.2) is 84.9 Å². The molecule has 0 aromatic heterocycles. The number of alkyl carbamates (subject to hydrolysis) is 2. The fraction of sp³-hybridized carbons (Fsp3) is 0.459. The van der Waals surface area contributed by atoms with Gasteiger partial charge >= 0.3 is 12.2 Å². The van der Waals surface area contributed by atoms with Gasteiger partial charge in [-0.2, -0.15) is 0 Å². The summed E-state index contributed by atoms with van der Waals surface area (Å²) in [6, 6.07) is 25.5. The molecule has 5 N–H and O–H groups in total. The van der Waals surface area contributed by atoms with Crippen molar-refractivity contribution in [2.24, 2.45) is 0 Å². The van der Waals surface area contributed by atoms with Gasteiger partial charge in [0.25, 0.3) is 0 Å². The quantitative estimate of drug-likeness (QED) is 0.153. The predicted molar refractivity (Wildman–Crippen MR) is 182 cm³/mol. The number of nitrogens with one attached hydrogen (secondary N) is 3. The molecule has 0 aliphatic carbocycles. The number of hydrogen-bond acceptors (Lipinski definition) is 8. The maximum Gasteiger partial charge on any atom is 0.407 e. The van der Waals surface area contributed by atoms with Crippen molar-refractivity contribution in [1.82, 2.24) is 16.0 Å². The minimum Gasteiger partial charge on any atom is -0.489 e. The molecule has 0 heterocycles. The molecule has 0 spiro atoms. The van der Waals surface area contributed by atoms with Crippen molar-refractivity contribution in [2.45, 2.75) is 96.5 Å². The van der Waals surface area contributed by atoms with Crippen molar-refractivity contribution in [2.75, 3.05) is 13.1 Å². The molecule has 0 radical (unpaired) electrons. The molecular formula is C37H51N3O7. The highest BCUT2D eigenvalue weighted by Gasteiger charge is 2.28. The second-order valence-corrected chi connectivity index (χ2v) is 13.6. The Labute approximate surface area is 278 Å². The third-order valence-electron chi connectivity index (χ3n) is 6.94. The molecule has 2 amide bonds. The lowest BCUT2D eigenvalue weighted by atomic mass is 10.00. The highest BCUT2D eigenvalue weighted by molar-refractivity contribution is 5.68. The lowest BCUT2D eigenvalue weighted by Crippen LogP contribution is -2.53. The summed E-state index contributed by atoms with van der Waals surface area (Å²) in [7, 11) is 0. The largest absolute Gasteiger partial charge is 0.489 e. The number of benzene rings is 3. The van der Waals surface area contributed by atoms with E-state index in [4.69, 9.17) is 14.2 Å². The third kappa shape index (κ3) is 14.9. The molecule has 3 rings (SSSR count). The number of hydrogen-bond donors (Lipinski definition) is 5. The van der Waals surface area contributed by atoms with Gasteiger partial charge in [0.1, 0.15) is 23.6 Å². The van der Waals surface area contributed by atoms with Gasteiger partial charge in [-0.1, -0.05) is 72.8 Å². The van der Waals surface area contributed by atoms with Crippen molar-refractivity contribution < 1.29 is 34.0 Å². The average molecular weight is 650 g/mol. The molecule has 0 bridgehead atoms. The Morgan fingerprint density at radius 1 is 0.638 bits per heavy atom. The molecule has 0 unspecified atom stereocenters. The van der Waals surface area contributed by atoms with Gasteiger partial charge in [-0.05, 0) is 83.2 Å². The molecule has 10 nitrogen and oxygen atoms in total. The van der Waals surface area contributed by atoms with Gasteiger partial charge in [-0.3, -0.25) is 0 Å². The lowest BCUT2D eigenvalue weighted by Gasteiger charge is -2.29. The number of carbonyl (C=O) groups is 2. The Morgan fingerprint density at radius 3 is 1.57 bits per heavy atom. The Bertz CT molecular complexity index is 1370. The van der Waals surface area contributed by atoms with Crippen LogP contribution in [0.4, 0.5) is 9.59 Å². The maximum atomic E-state index is 12.8. The van der Waals surface area contributed by atoms with E-state index in [1.54, 1.807) is 41.5 Å². The smallest absolute Gasteiger partial charge is 0.407 e. The van der Waals surface area contributed by atoms with Crippen LogP contribution < -0.4 is 20.7 Å². The van der Waals surface area contributed by atoms with Crippen LogP contribution >= 0.6 is 0 Å². The number of amides is 2. The van der Waals surface area contributed by atoms with Crippen LogP contribution in [0.5, 0.6) is 5.75 Å². The predicted octanol–water partition coefficient (Wildman–Crippen LogP) is 5.15. The van der Waals surface area contributed by atoms with E-state index in [-0.39, 0.29) is 13.1 Å². The first-order chi connectivity index (χ1) is 22.2. The van der Waals surface area contributed by atoms with Crippen LogP contribution in [0, 0.1) is 0 Å². The van der Waals surface area contributed by atoms with Crippen molar-refractivity contribution in [3.8, 4) is 5.75 Å². The van der Waals surface area contributed by atoms with Crippen LogP contribution in [0.3, 0.4) is 0 Å². The minimum absolute atomic E-state index is 0.0478. The van der Waals surface area contributed by atoms with Gasteiger partial charge in [-0.15, -0.1) is 0 Å². The molecule has 0 aliphatic heterocycles. The van der Waals surface area contributed by atoms with Gasteiger partial charge in [0.05, 0.1) is 24.3 Å². The Balaban J connectivity index is 1.66. The van der Waals surface area contributed by atoms with E-state index in [1.165, 1.54) is 0 Å². The van der Waals surface area contributed by atoms with Crippen LogP contribution in [-0.2, 0) is 28.9 Å². The highest BCUT2D eigenvalue weighted by Crippen LogP contribution is 2.18. The van der Waals surface area contributed by atoms with Crippen LogP contribution in [0.25, 0.3) is 0 Å². The zero-order valence-corrected chi connectivity index (χ0v) is 28.4. The zero-order valence-electron chi connectivity index (χ0n) is 28.4. The monoisotopic (exact) mass is 649 g/mol. The number of aliphatic hydroxyl groups is 2. The molecule has 3 aromatic carbocycles. The number of carbonyl (C=O) groups excluding carboxylic acids is 2. The van der Waals surface area contributed by atoms with Crippen molar-refractivity contribution in [3.63, 3.8) is 0 Å². The molecule has 4 atom stereocenters. The van der Waals surface area contributed by atoms with E-state index >= 15 is 0 Å². The van der Waals surface area contributed by atoms with E-state index in [0.29, 0.717) is 25.2 Å². The van der Waals surface area contributed by atoms with Crippen LogP contribution in [0.2, 0.25) is 0 Å². The van der Waals surface area contributed by atoms with Crippen molar-refractivity contribution >= 4 is 12.2 Å². The summed E-state index contributed by atoms with van der Waals surface area (Å²) in [4.78, 5) is 25.3. The van der Waals surface area contributed by atoms with E-state index in [9.17, 15) is 19.8 Å². The third-order valence-corrected chi connectivity index (χ3v) is 6.94. The Hall–Kier alpha value is -4.12. The standard InChI is InChI=1S/C37H51N3O7/c1-36(2,3)46-34(43)39-30(21-26-14-9-7-10-15-26)32(41)23-38-24-33(42)31(40-35(44)47-37(4,5)6)22-28-18-13-19-29(20-28)45-25-27-16-11-8-12-17-27/h7-20,30-33,38,41-42H,21-25H2,1-6H3,(H,39,43)(H,40,44)/t30-,31-,32+,33+/m0/s1. The van der Waals surface area contributed by atoms with E-state index in [1.807, 2.05) is 84.9 Å². The number of aliphatic hydroxyl groups excluding tert-OH is 2. The number of rotatable bonds is 15. The molecule has 47 heavy (non-hydrogen) atoms. The van der Waals surface area contributed by atoms with Crippen molar-refractivity contribution in [1.29, 1.82) is 0 Å². The van der Waals surface area contributed by atoms with Gasteiger partial charge in [0, 0.05) is 13.1 Å². The van der Waals surface area contributed by atoms with Gasteiger partial charge in [0.2, 0.25) is 0 Å². The summed E-state index contributed by atoms with van der Waals surface area (Å²) in [6.07, 6.45) is -2.67. The van der Waals surface area contributed by atoms with Gasteiger partial charge < -0.3 is 40.4 Å². The summed E-state index contributed by atoms with van der Waals surface area (Å²) >= 11 is 0. The average Bonchev–Trinajstić information content (AvgIpc) is 2.98. The normalized spacial score (nSPS) is 14.3. The van der Waals surface area contributed by atoms with E-state index in [2.05, 4.69) is 16.0 Å². The zero-order chi connectivity index (χ0) is 34.5. The Kier molecular flexibility index (Phi) is 14.1. The first kappa shape index (κ1) is 37.3. The van der Waals surface area contributed by atoms with E-state index < -0.39 is 47.7 Å². The Morgan fingerprint density at radius 2 is 1.09 bits per heavy atom. The van der Waals surface area contributed by atoms with Gasteiger partial charge in [-0.25, -0.2) is 9.59 Å². The molecule has 256 valence electrons. The molecule has 0 fully saturated rings. The first-order valence-electron chi connectivity index (χ1n) is 16.0. The minimum atomic E-state index is -1.05. The van der Waals surface area contributed by atoms with E-state index in [0.717, 1.165) is 16.7 Å². The molecule has 0 saturated carbocycles. The maximum absolute atomic E-state index is 12.8. The summed E-state index contributed by atoms with van der Waals surface area (Å²) < 4.78 is 16.9. The second-order valence-electron chi connectivity index (χ2n) is 13.6. The summed E-state index contributed by atoms with van der Waals surface area (Å²) in [5, 5.41) is 31.1. The van der Waals surface area contributed by atoms with Crippen LogP contribution in [0.1, 0.15) is 58.2 Å². The number of ether oxygens (including phenoxy) is 3. The molecule has 0 saturated heterocycles. The van der Waals surface area contributed by atoms with Gasteiger partial charge in [0.15, 0.2) is 0 Å². The summed E-state index contributed by atoms with van der Waals surface area (Å²) in [5.74, 6) is 0.667. The molecule has 3 aromatic rings. The summed E-state index contributed by atoms with van der Waals surface area (Å²) in [5.41, 5.74) is 1.41. The highest BCUT2D eigenvalue weighted by atomic mass is 16.6. The molecule has 0 aliphatic rings.